The summed E-state index contributed by atoms with van der Waals surface area (Å²) < 4.78 is 16.0. The molecule has 22 heavy (non-hydrogen) atoms. The number of alkyl halides is 1. The van der Waals surface area contributed by atoms with Crippen LogP contribution in [0.3, 0.4) is 0 Å². The number of nitrogens with two attached hydrogens (primary N) is 4. The van der Waals surface area contributed by atoms with Crippen LogP contribution in [0.15, 0.2) is 23.5 Å². The van der Waals surface area contributed by atoms with Crippen molar-refractivity contribution in [2.45, 2.75) is 17.7 Å². The quantitative estimate of drug-likeness (QED) is 0.121. The van der Waals surface area contributed by atoms with Crippen molar-refractivity contribution in [1.29, 1.82) is 0 Å². The molecule has 2 atom stereocenters. The van der Waals surface area contributed by atoms with Crippen molar-refractivity contribution in [1.82, 2.24) is 8.43 Å². The molecule has 0 saturated carbocycles. The number of nitrogens with one attached hydrogen (secondary N) is 2. The molecule has 1 aliphatic rings. The van der Waals surface area contributed by atoms with Gasteiger partial charge in [-0.25, -0.2) is 4.39 Å². The largest absolute Gasteiger partial charge is 0.398 e. The summed E-state index contributed by atoms with van der Waals surface area (Å²) in [5.74, 6) is 0.157. The van der Waals surface area contributed by atoms with E-state index in [-0.39, 0.29) is 12.2 Å². The molecule has 2 unspecified atom stereocenters. The third kappa shape index (κ3) is 3.63. The van der Waals surface area contributed by atoms with Crippen molar-refractivity contribution in [2.24, 2.45) is 17.2 Å². The van der Waals surface area contributed by atoms with E-state index in [1.807, 2.05) is 3.11 Å². The van der Waals surface area contributed by atoms with Crippen LogP contribution in [0, 0.1) is 5.82 Å². The summed E-state index contributed by atoms with van der Waals surface area (Å²) in [5.41, 5.74) is 25.2. The molecule has 2 rings (SSSR count). The van der Waals surface area contributed by atoms with Gasteiger partial charge in [0, 0.05) is 17.8 Å². The van der Waals surface area contributed by atoms with Crippen molar-refractivity contribution < 1.29 is 4.39 Å². The van der Waals surface area contributed by atoms with Crippen LogP contribution in [0.2, 0.25) is 0 Å². The lowest BCUT2D eigenvalue weighted by Crippen LogP contribution is -2.52. The number of hydrogen-bond donors (Lipinski definition) is 6. The zero-order valence-electron chi connectivity index (χ0n) is 11.6. The van der Waals surface area contributed by atoms with Crippen LogP contribution in [0.5, 0.6) is 0 Å². The number of benzene rings is 1. The van der Waals surface area contributed by atoms with Gasteiger partial charge in [-0.3, -0.25) is 8.43 Å². The van der Waals surface area contributed by atoms with Gasteiger partial charge < -0.3 is 28.3 Å². The number of nitrogens with zero attached hydrogens (tertiary/aromatic N) is 1. The first kappa shape index (κ1) is 17.7. The lowest BCUT2D eigenvalue weighted by atomic mass is 10.1. The van der Waals surface area contributed by atoms with E-state index in [2.05, 4.69) is 49.4 Å². The Kier molecular flexibility index (Phi) is 5.85. The van der Waals surface area contributed by atoms with Crippen molar-refractivity contribution in [2.75, 3.05) is 17.7 Å². The number of halogens is 3. The van der Waals surface area contributed by atoms with E-state index in [1.165, 1.54) is 6.07 Å². The minimum Gasteiger partial charge on any atom is -0.398 e. The molecule has 0 saturated heterocycles. The van der Waals surface area contributed by atoms with Crippen molar-refractivity contribution in [3.63, 3.8) is 0 Å². The lowest BCUT2D eigenvalue weighted by molar-refractivity contribution is 0.430. The summed E-state index contributed by atoms with van der Waals surface area (Å²) in [5, 5.41) is 6.12. The van der Waals surface area contributed by atoms with Crippen LogP contribution < -0.4 is 33.6 Å². The van der Waals surface area contributed by atoms with Crippen molar-refractivity contribution in [3.8, 4) is 0 Å². The van der Waals surface area contributed by atoms with Crippen LogP contribution >= 0.6 is 38.8 Å². The van der Waals surface area contributed by atoms with Crippen LogP contribution in [0.25, 0.3) is 0 Å². The zero-order chi connectivity index (χ0) is 16.4. The average Bonchev–Trinajstić information content (AvgIpc) is 2.45. The molecular weight excluding hydrogens is 468 g/mol. The summed E-state index contributed by atoms with van der Waals surface area (Å²) >= 11 is 5.40. The van der Waals surface area contributed by atoms with E-state index in [0.717, 1.165) is 0 Å². The number of hydrogen-bond acceptors (Lipinski definition) is 7. The van der Waals surface area contributed by atoms with Crippen LogP contribution in [0.1, 0.15) is 5.56 Å². The number of nitrogen functional groups attached to an aromatic ring is 1. The van der Waals surface area contributed by atoms with E-state index in [1.54, 1.807) is 6.07 Å². The Morgan fingerprint density at radius 2 is 2.23 bits per heavy atom. The van der Waals surface area contributed by atoms with Gasteiger partial charge in [0.25, 0.3) is 0 Å². The molecule has 7 nitrogen and oxygen atoms in total. The Labute approximate surface area is 150 Å². The molecule has 1 aromatic rings. The second-order valence-corrected chi connectivity index (χ2v) is 6.92. The minimum absolute atomic E-state index is 0.222. The van der Waals surface area contributed by atoms with Crippen molar-refractivity contribution in [3.05, 3.63) is 34.9 Å². The summed E-state index contributed by atoms with van der Waals surface area (Å²) in [6, 6.07) is 2.84. The Morgan fingerprint density at radius 1 is 1.55 bits per heavy atom. The number of rotatable bonds is 4. The molecule has 122 valence electrons. The minimum atomic E-state index is -0.471. The summed E-state index contributed by atoms with van der Waals surface area (Å²) in [7, 11) is 0. The summed E-state index contributed by atoms with van der Waals surface area (Å²) in [6.45, 7) is 0.716. The third-order valence-corrected chi connectivity index (χ3v) is 4.62. The molecule has 0 bridgehead atoms. The first-order valence-corrected chi connectivity index (χ1v) is 8.34. The van der Waals surface area contributed by atoms with Gasteiger partial charge in [-0.15, -0.1) is 0 Å². The molecule has 1 aliphatic heterocycles. The standard InChI is InChI=1S/C12H18BrFIN7/c13-10(18)9-11(19)20-4-22(15)12(9)21-8-1-5(3-16)7(17)2-6(8)14/h1-2,10-11,20-21H,3-4,16-19H2. The fraction of sp³-hybridized carbons (Fsp3) is 0.333. The van der Waals surface area contributed by atoms with E-state index in [9.17, 15) is 4.39 Å². The van der Waals surface area contributed by atoms with Crippen molar-refractivity contribution >= 4 is 50.2 Å². The van der Waals surface area contributed by atoms with Gasteiger partial charge >= 0.3 is 0 Å². The molecule has 0 fully saturated rings. The first-order chi connectivity index (χ1) is 10.3. The Hall–Kier alpha value is -0.660. The maximum absolute atomic E-state index is 14.2. The predicted molar refractivity (Wildman–Crippen MR) is 98.1 cm³/mol. The van der Waals surface area contributed by atoms with Gasteiger partial charge in [-0.2, -0.15) is 0 Å². The molecule has 10 N–H and O–H groups in total. The van der Waals surface area contributed by atoms with E-state index in [4.69, 9.17) is 22.9 Å². The summed E-state index contributed by atoms with van der Waals surface area (Å²) in [6.07, 6.45) is -0.436. The monoisotopic (exact) mass is 485 g/mol. The normalized spacial score (nSPS) is 20.3. The maximum Gasteiger partial charge on any atom is 0.148 e. The molecule has 0 aromatic heterocycles. The molecule has 1 aromatic carbocycles. The van der Waals surface area contributed by atoms with Gasteiger partial charge in [0.15, 0.2) is 0 Å². The van der Waals surface area contributed by atoms with Crippen LogP contribution in [-0.2, 0) is 6.54 Å². The number of anilines is 2. The van der Waals surface area contributed by atoms with E-state index in [0.29, 0.717) is 29.3 Å². The van der Waals surface area contributed by atoms with Crippen LogP contribution in [-0.4, -0.2) is 20.9 Å². The smallest absolute Gasteiger partial charge is 0.148 e. The molecule has 10 heteroatoms. The second kappa shape index (κ2) is 7.27. The first-order valence-electron chi connectivity index (χ1n) is 6.46. The average molecular weight is 486 g/mol. The Balaban J connectivity index is 2.44. The fourth-order valence-electron chi connectivity index (χ4n) is 2.12. The lowest BCUT2D eigenvalue weighted by Gasteiger charge is -2.35. The van der Waals surface area contributed by atoms with Gasteiger partial charge in [-0.05, 0) is 17.7 Å². The summed E-state index contributed by atoms with van der Waals surface area (Å²) in [4.78, 5) is -0.471. The zero-order valence-corrected chi connectivity index (χ0v) is 15.4. The highest BCUT2D eigenvalue weighted by Crippen LogP contribution is 2.29. The predicted octanol–water partition coefficient (Wildman–Crippen LogP) is 0.667. The molecule has 0 spiro atoms. The highest BCUT2D eigenvalue weighted by atomic mass is 127. The van der Waals surface area contributed by atoms with Gasteiger partial charge in [0.1, 0.15) is 11.6 Å². The second-order valence-electron chi connectivity index (χ2n) is 4.77. The maximum atomic E-state index is 14.2. The van der Waals surface area contributed by atoms with Gasteiger partial charge in [-0.1, -0.05) is 15.9 Å². The Morgan fingerprint density at radius 3 is 2.82 bits per heavy atom. The van der Waals surface area contributed by atoms with E-state index >= 15 is 0 Å². The molecular formula is C12H18BrFIN7. The molecule has 1 heterocycles. The van der Waals surface area contributed by atoms with Gasteiger partial charge in [0.05, 0.1) is 46.3 Å². The topological polar surface area (TPSA) is 131 Å². The molecule has 0 amide bonds. The van der Waals surface area contributed by atoms with Crippen LogP contribution in [0.4, 0.5) is 15.8 Å². The third-order valence-electron chi connectivity index (χ3n) is 3.30. The van der Waals surface area contributed by atoms with E-state index < -0.39 is 16.9 Å². The molecule has 0 radical (unpaired) electrons. The molecule has 0 aliphatic carbocycles. The highest BCUT2D eigenvalue weighted by molar-refractivity contribution is 14.1. The highest BCUT2D eigenvalue weighted by Gasteiger charge is 2.28. The SMILES string of the molecule is NCc1cc(NC2=C(C(N)Br)C(N)NCN2I)c(F)cc1N. The van der Waals surface area contributed by atoms with Gasteiger partial charge in [0.2, 0.25) is 0 Å². The Bertz CT molecular complexity index is 595. The fourth-order valence-corrected chi connectivity index (χ4v) is 3.22.